The van der Waals surface area contributed by atoms with Gasteiger partial charge in [-0.15, -0.1) is 0 Å². The van der Waals surface area contributed by atoms with Crippen LogP contribution in [0.4, 0.5) is 0 Å². The third kappa shape index (κ3) is 6.20. The molecule has 0 bridgehead atoms. The van der Waals surface area contributed by atoms with Gasteiger partial charge in [-0.1, -0.05) is 0 Å². The lowest BCUT2D eigenvalue weighted by molar-refractivity contribution is 0.170. The van der Waals surface area contributed by atoms with Crippen LogP contribution in [0.1, 0.15) is 32.4 Å². The van der Waals surface area contributed by atoms with Gasteiger partial charge in [-0.2, -0.15) is 8.42 Å². The van der Waals surface area contributed by atoms with Crippen molar-refractivity contribution in [2.45, 2.75) is 32.4 Å². The maximum absolute atomic E-state index is 10.9. The third-order valence-corrected chi connectivity index (χ3v) is 2.83. The Hall–Kier alpha value is -1.35. The molecule has 4 N–H and O–H groups in total. The van der Waals surface area contributed by atoms with Gasteiger partial charge < -0.3 is 15.5 Å². The van der Waals surface area contributed by atoms with Crippen LogP contribution in [-0.4, -0.2) is 35.3 Å². The van der Waals surface area contributed by atoms with Crippen molar-refractivity contribution in [1.82, 2.24) is 5.32 Å². The first kappa shape index (κ1) is 16.7. The zero-order chi connectivity index (χ0) is 15.6. The van der Waals surface area contributed by atoms with Gasteiger partial charge in [-0.25, -0.2) is 4.18 Å². The second kappa shape index (κ2) is 5.96. The monoisotopic (exact) mass is 305 g/mol. The summed E-state index contributed by atoms with van der Waals surface area (Å²) >= 11 is 0. The lowest BCUT2D eigenvalue weighted by Crippen LogP contribution is -2.39. The van der Waals surface area contributed by atoms with Crippen molar-refractivity contribution in [3.8, 4) is 11.5 Å². The summed E-state index contributed by atoms with van der Waals surface area (Å²) in [5.41, 5.74) is -0.0865. The molecule has 0 spiro atoms. The Kier molecular flexibility index (Phi) is 4.98. The van der Waals surface area contributed by atoms with E-state index in [0.29, 0.717) is 0 Å². The van der Waals surface area contributed by atoms with Crippen molar-refractivity contribution in [2.75, 3.05) is 6.54 Å². The van der Waals surface area contributed by atoms with Gasteiger partial charge in [0.05, 0.1) is 0 Å². The molecule has 7 nitrogen and oxygen atoms in total. The molecule has 1 rings (SSSR count). The molecule has 0 aliphatic rings. The zero-order valence-electron chi connectivity index (χ0n) is 11.5. The molecule has 0 fully saturated rings. The van der Waals surface area contributed by atoms with Crippen molar-refractivity contribution in [2.24, 2.45) is 0 Å². The van der Waals surface area contributed by atoms with Crippen LogP contribution in [0.3, 0.4) is 0 Å². The number of hydrogen-bond acceptors (Lipinski definition) is 6. The molecular formula is C12H19NO6S. The Balaban J connectivity index is 3.03. The van der Waals surface area contributed by atoms with E-state index in [4.69, 9.17) is 4.55 Å². The summed E-state index contributed by atoms with van der Waals surface area (Å²) in [6.07, 6.45) is -1.08. The minimum absolute atomic E-state index is 0.0617. The van der Waals surface area contributed by atoms with Crippen LogP contribution in [0, 0.1) is 0 Å². The lowest BCUT2D eigenvalue weighted by atomic mass is 10.1. The Bertz CT molecular complexity index is 544. The van der Waals surface area contributed by atoms with Gasteiger partial charge in [0.2, 0.25) is 0 Å². The maximum Gasteiger partial charge on any atom is 0.397 e. The number of phenols is 2. The molecule has 0 saturated heterocycles. The van der Waals surface area contributed by atoms with Crippen LogP contribution in [0.5, 0.6) is 11.5 Å². The Morgan fingerprint density at radius 2 is 1.70 bits per heavy atom. The number of phenolic OH excluding ortho intramolecular Hbond substituents is 2. The summed E-state index contributed by atoms with van der Waals surface area (Å²) in [5, 5.41) is 21.9. The predicted octanol–water partition coefficient (Wildman–Crippen LogP) is 1.35. The first-order chi connectivity index (χ1) is 8.96. The van der Waals surface area contributed by atoms with E-state index in [2.05, 4.69) is 9.50 Å². The topological polar surface area (TPSA) is 116 Å². The Morgan fingerprint density at radius 3 is 2.10 bits per heavy atom. The van der Waals surface area contributed by atoms with Crippen molar-refractivity contribution < 1.29 is 27.4 Å². The highest BCUT2D eigenvalue weighted by Gasteiger charge is 2.22. The average Bonchev–Trinajstić information content (AvgIpc) is 2.20. The minimum atomic E-state index is -4.67. The smallest absolute Gasteiger partial charge is 0.397 e. The van der Waals surface area contributed by atoms with Gasteiger partial charge in [0.25, 0.3) is 0 Å². The number of aromatic hydroxyl groups is 2. The van der Waals surface area contributed by atoms with E-state index in [1.165, 1.54) is 12.1 Å². The first-order valence-corrected chi connectivity index (χ1v) is 7.26. The fourth-order valence-electron chi connectivity index (χ4n) is 1.56. The SMILES string of the molecule is CC(C)(C)NCC(OS(=O)(=O)O)c1cc(O)cc(O)c1. The molecule has 1 unspecified atom stereocenters. The van der Waals surface area contributed by atoms with E-state index >= 15 is 0 Å². The maximum atomic E-state index is 10.9. The van der Waals surface area contributed by atoms with Gasteiger partial charge in [-0.3, -0.25) is 4.55 Å². The molecule has 0 heterocycles. The largest absolute Gasteiger partial charge is 0.508 e. The second-order valence-electron chi connectivity index (χ2n) is 5.43. The molecule has 0 saturated carbocycles. The van der Waals surface area contributed by atoms with Gasteiger partial charge in [0, 0.05) is 18.2 Å². The summed E-state index contributed by atoms with van der Waals surface area (Å²) in [4.78, 5) is 0. The van der Waals surface area contributed by atoms with Gasteiger partial charge >= 0.3 is 10.4 Å². The van der Waals surface area contributed by atoms with Crippen LogP contribution >= 0.6 is 0 Å². The van der Waals surface area contributed by atoms with Crippen molar-refractivity contribution >= 4 is 10.4 Å². The van der Waals surface area contributed by atoms with Gasteiger partial charge in [-0.05, 0) is 38.5 Å². The highest BCUT2D eigenvalue weighted by molar-refractivity contribution is 7.80. The van der Waals surface area contributed by atoms with Crippen molar-refractivity contribution in [3.05, 3.63) is 23.8 Å². The first-order valence-electron chi connectivity index (χ1n) is 5.90. The number of hydrogen-bond donors (Lipinski definition) is 4. The molecule has 0 aromatic heterocycles. The molecule has 0 aliphatic carbocycles. The number of rotatable bonds is 5. The fraction of sp³-hybridized carbons (Fsp3) is 0.500. The molecule has 0 amide bonds. The van der Waals surface area contributed by atoms with Crippen LogP contribution in [-0.2, 0) is 14.6 Å². The predicted molar refractivity (Wildman–Crippen MR) is 72.9 cm³/mol. The Morgan fingerprint density at radius 1 is 1.20 bits per heavy atom. The summed E-state index contributed by atoms with van der Waals surface area (Å²) < 4.78 is 35.2. The lowest BCUT2D eigenvalue weighted by Gasteiger charge is -2.24. The van der Waals surface area contributed by atoms with Crippen molar-refractivity contribution in [3.63, 3.8) is 0 Å². The van der Waals surface area contributed by atoms with E-state index in [-0.39, 0.29) is 29.1 Å². The van der Waals surface area contributed by atoms with Crippen LogP contribution in [0.25, 0.3) is 0 Å². The molecule has 114 valence electrons. The molecule has 0 aliphatic heterocycles. The van der Waals surface area contributed by atoms with Crippen LogP contribution < -0.4 is 5.32 Å². The fourth-order valence-corrected chi connectivity index (χ4v) is 2.03. The average molecular weight is 305 g/mol. The number of benzene rings is 1. The summed E-state index contributed by atoms with van der Waals surface area (Å²) in [7, 11) is -4.67. The highest BCUT2D eigenvalue weighted by atomic mass is 32.3. The number of nitrogens with one attached hydrogen (secondary N) is 1. The molecule has 20 heavy (non-hydrogen) atoms. The zero-order valence-corrected chi connectivity index (χ0v) is 12.3. The summed E-state index contributed by atoms with van der Waals surface area (Å²) in [5.74, 6) is -0.473. The van der Waals surface area contributed by atoms with Crippen molar-refractivity contribution in [1.29, 1.82) is 0 Å². The van der Waals surface area contributed by atoms with E-state index in [0.717, 1.165) is 6.07 Å². The standard InChI is InChI=1S/C12H19NO6S/c1-12(2,3)13-7-11(19-20(16,17)18)8-4-9(14)6-10(15)5-8/h4-6,11,13-15H,7H2,1-3H3,(H,16,17,18). The van der Waals surface area contributed by atoms with E-state index in [9.17, 15) is 18.6 Å². The molecular weight excluding hydrogens is 286 g/mol. The van der Waals surface area contributed by atoms with Crippen LogP contribution in [0.15, 0.2) is 18.2 Å². The van der Waals surface area contributed by atoms with E-state index in [1.54, 1.807) is 0 Å². The molecule has 8 heteroatoms. The minimum Gasteiger partial charge on any atom is -0.508 e. The molecule has 1 atom stereocenters. The molecule has 0 radical (unpaired) electrons. The van der Waals surface area contributed by atoms with E-state index in [1.807, 2.05) is 20.8 Å². The second-order valence-corrected chi connectivity index (χ2v) is 6.47. The summed E-state index contributed by atoms with van der Waals surface area (Å²) in [6, 6.07) is 3.60. The molecule has 1 aromatic carbocycles. The normalized spacial score (nSPS) is 14.2. The molecule has 1 aromatic rings. The quantitative estimate of drug-likeness (QED) is 0.607. The Labute approximate surface area is 118 Å². The summed E-state index contributed by atoms with van der Waals surface area (Å²) in [6.45, 7) is 5.68. The highest BCUT2D eigenvalue weighted by Crippen LogP contribution is 2.27. The van der Waals surface area contributed by atoms with Crippen LogP contribution in [0.2, 0.25) is 0 Å². The van der Waals surface area contributed by atoms with Gasteiger partial charge in [0.1, 0.15) is 17.6 Å². The third-order valence-electron chi connectivity index (χ3n) is 2.35. The van der Waals surface area contributed by atoms with Gasteiger partial charge in [0.15, 0.2) is 0 Å². The van der Waals surface area contributed by atoms with E-state index < -0.39 is 16.5 Å².